The molecule has 0 aliphatic heterocycles. The molecule has 0 spiro atoms. The van der Waals surface area contributed by atoms with Gasteiger partial charge in [-0.1, -0.05) is 38.1 Å². The minimum Gasteiger partial charge on any atom is -0.211 e. The van der Waals surface area contributed by atoms with Gasteiger partial charge in [0.15, 0.2) is 0 Å². The summed E-state index contributed by atoms with van der Waals surface area (Å²) in [4.78, 5) is 13.4. The van der Waals surface area contributed by atoms with Gasteiger partial charge in [-0.05, 0) is 36.3 Å². The van der Waals surface area contributed by atoms with E-state index in [-0.39, 0.29) is 0 Å². The molecular formula is C14H19NO. The minimum atomic E-state index is 0.581. The molecule has 0 radical (unpaired) electrons. The first-order valence-corrected chi connectivity index (χ1v) is 5.84. The van der Waals surface area contributed by atoms with Crippen LogP contribution in [0.1, 0.15) is 31.4 Å². The van der Waals surface area contributed by atoms with Gasteiger partial charge in [-0.2, -0.15) is 0 Å². The molecule has 0 bridgehead atoms. The Labute approximate surface area is 97.4 Å². The van der Waals surface area contributed by atoms with Gasteiger partial charge in [0.25, 0.3) is 0 Å². The van der Waals surface area contributed by atoms with Crippen LogP contribution in [0.4, 0.5) is 0 Å². The molecule has 0 aromatic heterocycles. The van der Waals surface area contributed by atoms with E-state index in [1.165, 1.54) is 11.1 Å². The number of hydrogen-bond acceptors (Lipinski definition) is 2. The Morgan fingerprint density at radius 2 is 1.81 bits per heavy atom. The number of hydrogen-bond donors (Lipinski definition) is 0. The van der Waals surface area contributed by atoms with Gasteiger partial charge in [-0.15, -0.1) is 0 Å². The van der Waals surface area contributed by atoms with Gasteiger partial charge >= 0.3 is 0 Å². The number of rotatable bonds is 6. The van der Waals surface area contributed by atoms with Crippen molar-refractivity contribution in [1.82, 2.24) is 0 Å². The lowest BCUT2D eigenvalue weighted by Gasteiger charge is -2.06. The fourth-order valence-electron chi connectivity index (χ4n) is 1.72. The Hall–Kier alpha value is -1.40. The number of isocyanates is 1. The Kier molecular flexibility index (Phi) is 5.52. The predicted octanol–water partition coefficient (Wildman–Crippen LogP) is 3.15. The summed E-state index contributed by atoms with van der Waals surface area (Å²) >= 11 is 0. The number of carbonyl (C=O) groups excluding carboxylic acids is 1. The Bertz CT molecular complexity index is 348. The largest absolute Gasteiger partial charge is 0.234 e. The molecule has 0 atom stereocenters. The normalized spacial score (nSPS) is 10.2. The van der Waals surface area contributed by atoms with E-state index < -0.39 is 0 Å². The molecule has 86 valence electrons. The molecule has 0 saturated heterocycles. The smallest absolute Gasteiger partial charge is 0.211 e. The molecule has 1 aromatic carbocycles. The molecule has 16 heavy (non-hydrogen) atoms. The summed E-state index contributed by atoms with van der Waals surface area (Å²) < 4.78 is 0. The van der Waals surface area contributed by atoms with Crippen LogP contribution in [0, 0.1) is 5.92 Å². The van der Waals surface area contributed by atoms with Crippen LogP contribution in [0.5, 0.6) is 0 Å². The second kappa shape index (κ2) is 6.97. The van der Waals surface area contributed by atoms with Crippen molar-refractivity contribution in [2.45, 2.75) is 33.1 Å². The molecule has 0 N–H and O–H groups in total. The van der Waals surface area contributed by atoms with E-state index in [0.29, 0.717) is 12.5 Å². The zero-order valence-corrected chi connectivity index (χ0v) is 10.1. The highest BCUT2D eigenvalue weighted by Crippen LogP contribution is 2.10. The molecular weight excluding hydrogens is 198 g/mol. The second-order valence-electron chi connectivity index (χ2n) is 4.49. The molecule has 2 nitrogen and oxygen atoms in total. The van der Waals surface area contributed by atoms with Gasteiger partial charge in [0.2, 0.25) is 6.08 Å². The van der Waals surface area contributed by atoms with Crippen LogP contribution in [0.25, 0.3) is 0 Å². The summed E-state index contributed by atoms with van der Waals surface area (Å²) in [5, 5.41) is 0. The maximum atomic E-state index is 9.87. The summed E-state index contributed by atoms with van der Waals surface area (Å²) in [7, 11) is 0. The Balaban J connectivity index is 2.41. The second-order valence-corrected chi connectivity index (χ2v) is 4.49. The molecule has 0 saturated carbocycles. The van der Waals surface area contributed by atoms with Gasteiger partial charge in [0.05, 0.1) is 6.54 Å². The maximum absolute atomic E-state index is 9.87. The van der Waals surface area contributed by atoms with Gasteiger partial charge in [0, 0.05) is 0 Å². The van der Waals surface area contributed by atoms with Crippen LogP contribution in [0.3, 0.4) is 0 Å². The minimum absolute atomic E-state index is 0.581. The van der Waals surface area contributed by atoms with Crippen molar-refractivity contribution < 1.29 is 4.79 Å². The van der Waals surface area contributed by atoms with Crippen LogP contribution in [-0.2, 0) is 17.6 Å². The average Bonchev–Trinajstić information content (AvgIpc) is 2.26. The molecule has 0 aliphatic rings. The van der Waals surface area contributed by atoms with E-state index in [1.807, 2.05) is 0 Å². The highest BCUT2D eigenvalue weighted by molar-refractivity contribution is 5.32. The summed E-state index contributed by atoms with van der Waals surface area (Å²) in [6.07, 6.45) is 4.59. The van der Waals surface area contributed by atoms with Crippen LogP contribution in [0.15, 0.2) is 29.3 Å². The maximum Gasteiger partial charge on any atom is 0.234 e. The lowest BCUT2D eigenvalue weighted by molar-refractivity contribution is 0.562. The van der Waals surface area contributed by atoms with Gasteiger partial charge < -0.3 is 0 Å². The van der Waals surface area contributed by atoms with E-state index in [1.54, 1.807) is 6.08 Å². The fraction of sp³-hybridized carbons (Fsp3) is 0.500. The summed E-state index contributed by atoms with van der Waals surface area (Å²) in [6.45, 7) is 5.04. The number of aliphatic imine (C=N–C) groups is 1. The average molecular weight is 217 g/mol. The molecule has 0 heterocycles. The van der Waals surface area contributed by atoms with Crippen molar-refractivity contribution in [3.8, 4) is 0 Å². The van der Waals surface area contributed by atoms with Crippen molar-refractivity contribution in [2.24, 2.45) is 10.9 Å². The van der Waals surface area contributed by atoms with E-state index in [0.717, 1.165) is 19.3 Å². The molecule has 1 aromatic rings. The Morgan fingerprint density at radius 1 is 1.19 bits per heavy atom. The van der Waals surface area contributed by atoms with Crippen molar-refractivity contribution in [1.29, 1.82) is 0 Å². The zero-order chi connectivity index (χ0) is 11.8. The highest BCUT2D eigenvalue weighted by atomic mass is 16.1. The molecule has 1 rings (SSSR count). The SMILES string of the molecule is CC(C)Cc1ccc(CCCN=C=O)cc1. The third-order valence-corrected chi connectivity index (χ3v) is 2.47. The number of nitrogens with zero attached hydrogens (tertiary/aromatic N) is 1. The monoisotopic (exact) mass is 217 g/mol. The molecule has 0 amide bonds. The number of aryl methyl sites for hydroxylation is 1. The van der Waals surface area contributed by atoms with E-state index in [9.17, 15) is 4.79 Å². The summed E-state index contributed by atoms with van der Waals surface area (Å²) in [6, 6.07) is 8.72. The van der Waals surface area contributed by atoms with Crippen molar-refractivity contribution in [3.05, 3.63) is 35.4 Å². The van der Waals surface area contributed by atoms with Crippen molar-refractivity contribution in [3.63, 3.8) is 0 Å². The first-order valence-electron chi connectivity index (χ1n) is 5.84. The van der Waals surface area contributed by atoms with E-state index >= 15 is 0 Å². The lowest BCUT2D eigenvalue weighted by Crippen LogP contribution is -1.94. The van der Waals surface area contributed by atoms with Gasteiger partial charge in [-0.25, -0.2) is 9.79 Å². The van der Waals surface area contributed by atoms with Crippen LogP contribution < -0.4 is 0 Å². The topological polar surface area (TPSA) is 29.4 Å². The third-order valence-electron chi connectivity index (χ3n) is 2.47. The molecule has 0 aliphatic carbocycles. The van der Waals surface area contributed by atoms with Crippen LogP contribution >= 0.6 is 0 Å². The van der Waals surface area contributed by atoms with E-state index in [2.05, 4.69) is 43.1 Å². The Morgan fingerprint density at radius 3 is 2.38 bits per heavy atom. The standard InChI is InChI=1S/C14H19NO/c1-12(2)10-14-7-5-13(6-8-14)4-3-9-15-11-16/h5-8,12H,3-4,9-10H2,1-2H3. The zero-order valence-electron chi connectivity index (χ0n) is 10.1. The predicted molar refractivity (Wildman–Crippen MR) is 66.3 cm³/mol. The van der Waals surface area contributed by atoms with Gasteiger partial charge in [-0.3, -0.25) is 0 Å². The molecule has 0 fully saturated rings. The van der Waals surface area contributed by atoms with Crippen LogP contribution in [-0.4, -0.2) is 12.6 Å². The summed E-state index contributed by atoms with van der Waals surface area (Å²) in [5.41, 5.74) is 2.71. The first kappa shape index (κ1) is 12.7. The fourth-order valence-corrected chi connectivity index (χ4v) is 1.72. The quantitative estimate of drug-likeness (QED) is 0.409. The highest BCUT2D eigenvalue weighted by Gasteiger charge is 1.98. The summed E-state index contributed by atoms with van der Waals surface area (Å²) in [5.74, 6) is 0.702. The lowest BCUT2D eigenvalue weighted by atomic mass is 10.0. The first-order chi connectivity index (χ1) is 7.72. The van der Waals surface area contributed by atoms with Crippen molar-refractivity contribution >= 4 is 6.08 Å². The third kappa shape index (κ3) is 4.90. The van der Waals surface area contributed by atoms with Crippen molar-refractivity contribution in [2.75, 3.05) is 6.54 Å². The molecule has 2 heteroatoms. The number of benzene rings is 1. The van der Waals surface area contributed by atoms with Crippen LogP contribution in [0.2, 0.25) is 0 Å². The molecule has 0 unspecified atom stereocenters. The van der Waals surface area contributed by atoms with Gasteiger partial charge in [0.1, 0.15) is 0 Å². The van der Waals surface area contributed by atoms with E-state index in [4.69, 9.17) is 0 Å².